The van der Waals surface area contributed by atoms with E-state index >= 15 is 0 Å². The minimum Gasteiger partial charge on any atom is -0.457 e. The molecule has 3 rings (SSSR count). The third kappa shape index (κ3) is 4.06. The standard InChI is InChI=1S/C21H20O4S/c1-15-13-16(2)21(17(3)14-15)26(22,23)25-20-11-9-19(10-12-20)24-18-7-5-4-6-8-18/h4-14H,1-3H3. The monoisotopic (exact) mass is 368 g/mol. The van der Waals surface area contributed by atoms with Gasteiger partial charge in [-0.3, -0.25) is 0 Å². The maximum Gasteiger partial charge on any atom is 0.339 e. The van der Waals surface area contributed by atoms with E-state index in [0.29, 0.717) is 22.6 Å². The number of benzene rings is 3. The van der Waals surface area contributed by atoms with Gasteiger partial charge in [0.1, 0.15) is 22.1 Å². The summed E-state index contributed by atoms with van der Waals surface area (Å²) in [7, 11) is -3.90. The van der Waals surface area contributed by atoms with Gasteiger partial charge in [0, 0.05) is 0 Å². The normalized spacial score (nSPS) is 11.2. The highest BCUT2D eigenvalue weighted by atomic mass is 32.2. The molecule has 0 atom stereocenters. The Balaban J connectivity index is 1.80. The zero-order valence-electron chi connectivity index (χ0n) is 14.9. The zero-order chi connectivity index (χ0) is 18.7. The Bertz CT molecular complexity index is 985. The van der Waals surface area contributed by atoms with Crippen molar-refractivity contribution in [2.24, 2.45) is 0 Å². The minimum atomic E-state index is -3.90. The van der Waals surface area contributed by atoms with Crippen LogP contribution >= 0.6 is 0 Å². The Kier molecular flexibility index (Phi) is 5.00. The smallest absolute Gasteiger partial charge is 0.339 e. The maximum atomic E-state index is 12.7. The van der Waals surface area contributed by atoms with Crippen LogP contribution in [0.3, 0.4) is 0 Å². The Hall–Kier alpha value is -2.79. The van der Waals surface area contributed by atoms with E-state index in [9.17, 15) is 8.42 Å². The first-order chi connectivity index (χ1) is 12.3. The lowest BCUT2D eigenvalue weighted by Gasteiger charge is -2.13. The van der Waals surface area contributed by atoms with Crippen molar-refractivity contribution in [3.8, 4) is 17.2 Å². The summed E-state index contributed by atoms with van der Waals surface area (Å²) >= 11 is 0. The SMILES string of the molecule is Cc1cc(C)c(S(=O)(=O)Oc2ccc(Oc3ccccc3)cc2)c(C)c1. The summed E-state index contributed by atoms with van der Waals surface area (Å²) in [5.41, 5.74) is 2.36. The summed E-state index contributed by atoms with van der Waals surface area (Å²) in [5.74, 6) is 1.55. The van der Waals surface area contributed by atoms with Crippen LogP contribution in [0.5, 0.6) is 17.2 Å². The molecular formula is C21H20O4S. The highest BCUT2D eigenvalue weighted by molar-refractivity contribution is 7.87. The van der Waals surface area contributed by atoms with E-state index < -0.39 is 10.1 Å². The van der Waals surface area contributed by atoms with E-state index in [-0.39, 0.29) is 10.6 Å². The molecule has 0 saturated carbocycles. The second-order valence-corrected chi connectivity index (χ2v) is 7.63. The minimum absolute atomic E-state index is 0.215. The van der Waals surface area contributed by atoms with Gasteiger partial charge in [0.2, 0.25) is 0 Å². The van der Waals surface area contributed by atoms with Gasteiger partial charge >= 0.3 is 10.1 Å². The van der Waals surface area contributed by atoms with Crippen molar-refractivity contribution in [3.05, 3.63) is 83.4 Å². The molecule has 0 saturated heterocycles. The number of ether oxygens (including phenoxy) is 1. The molecule has 0 amide bonds. The lowest BCUT2D eigenvalue weighted by molar-refractivity contribution is 0.473. The number of rotatable bonds is 5. The van der Waals surface area contributed by atoms with Crippen molar-refractivity contribution in [1.29, 1.82) is 0 Å². The summed E-state index contributed by atoms with van der Waals surface area (Å²) in [4.78, 5) is 0.215. The molecule has 0 aromatic heterocycles. The molecule has 0 spiro atoms. The molecule has 3 aromatic rings. The molecule has 5 heteroatoms. The highest BCUT2D eigenvalue weighted by Crippen LogP contribution is 2.28. The largest absolute Gasteiger partial charge is 0.457 e. The summed E-state index contributed by atoms with van der Waals surface area (Å²) in [6.45, 7) is 5.48. The Morgan fingerprint density at radius 2 is 1.19 bits per heavy atom. The molecule has 0 unspecified atom stereocenters. The van der Waals surface area contributed by atoms with Crippen molar-refractivity contribution >= 4 is 10.1 Å². The first-order valence-corrected chi connectivity index (χ1v) is 9.61. The van der Waals surface area contributed by atoms with E-state index in [0.717, 1.165) is 5.56 Å². The summed E-state index contributed by atoms with van der Waals surface area (Å²) in [5, 5.41) is 0. The predicted molar refractivity (Wildman–Crippen MR) is 101 cm³/mol. The molecule has 4 nitrogen and oxygen atoms in total. The number of para-hydroxylation sites is 1. The van der Waals surface area contributed by atoms with Gasteiger partial charge < -0.3 is 8.92 Å². The van der Waals surface area contributed by atoms with Crippen LogP contribution in [0.15, 0.2) is 71.6 Å². The van der Waals surface area contributed by atoms with E-state index in [1.807, 2.05) is 49.4 Å². The third-order valence-electron chi connectivity index (χ3n) is 3.86. The second-order valence-electron chi connectivity index (χ2n) is 6.15. The van der Waals surface area contributed by atoms with Gasteiger partial charge in [0.25, 0.3) is 0 Å². The first kappa shape index (κ1) is 18.0. The summed E-state index contributed by atoms with van der Waals surface area (Å²) < 4.78 is 36.4. The fraction of sp³-hybridized carbons (Fsp3) is 0.143. The van der Waals surface area contributed by atoms with Crippen LogP contribution in [0.4, 0.5) is 0 Å². The van der Waals surface area contributed by atoms with Crippen molar-refractivity contribution < 1.29 is 17.3 Å². The van der Waals surface area contributed by atoms with Crippen LogP contribution in [-0.2, 0) is 10.1 Å². The van der Waals surface area contributed by atoms with Gasteiger partial charge in [0.15, 0.2) is 0 Å². The van der Waals surface area contributed by atoms with Gasteiger partial charge in [-0.1, -0.05) is 35.9 Å². The van der Waals surface area contributed by atoms with Crippen molar-refractivity contribution in [2.45, 2.75) is 25.7 Å². The van der Waals surface area contributed by atoms with Gasteiger partial charge in [-0.15, -0.1) is 0 Å². The molecule has 0 fully saturated rings. The molecule has 3 aromatic carbocycles. The summed E-state index contributed by atoms with van der Waals surface area (Å²) in [6, 6.07) is 19.5. The van der Waals surface area contributed by atoms with E-state index in [1.54, 1.807) is 38.1 Å². The molecule has 0 aliphatic heterocycles. The molecule has 26 heavy (non-hydrogen) atoms. The van der Waals surface area contributed by atoms with E-state index in [1.165, 1.54) is 0 Å². The molecule has 0 N–H and O–H groups in total. The van der Waals surface area contributed by atoms with Crippen molar-refractivity contribution in [3.63, 3.8) is 0 Å². The predicted octanol–water partition coefficient (Wildman–Crippen LogP) is 5.17. The second kappa shape index (κ2) is 7.22. The Morgan fingerprint density at radius 3 is 1.77 bits per heavy atom. The van der Waals surface area contributed by atoms with Crippen LogP contribution in [-0.4, -0.2) is 8.42 Å². The highest BCUT2D eigenvalue weighted by Gasteiger charge is 2.22. The average Bonchev–Trinajstić information content (AvgIpc) is 2.56. The molecular weight excluding hydrogens is 348 g/mol. The van der Waals surface area contributed by atoms with Gasteiger partial charge in [-0.2, -0.15) is 8.42 Å². The van der Waals surface area contributed by atoms with Gasteiger partial charge in [-0.05, 0) is 68.3 Å². The molecule has 134 valence electrons. The molecule has 0 aliphatic carbocycles. The van der Waals surface area contributed by atoms with Crippen LogP contribution in [0.25, 0.3) is 0 Å². The molecule has 0 heterocycles. The van der Waals surface area contributed by atoms with Crippen molar-refractivity contribution in [2.75, 3.05) is 0 Å². The topological polar surface area (TPSA) is 52.6 Å². The maximum absolute atomic E-state index is 12.7. The number of aryl methyl sites for hydroxylation is 3. The fourth-order valence-electron chi connectivity index (χ4n) is 2.92. The zero-order valence-corrected chi connectivity index (χ0v) is 15.7. The van der Waals surface area contributed by atoms with Crippen molar-refractivity contribution in [1.82, 2.24) is 0 Å². The lowest BCUT2D eigenvalue weighted by Crippen LogP contribution is -2.13. The molecule has 0 bridgehead atoms. The van der Waals surface area contributed by atoms with E-state index in [2.05, 4.69) is 0 Å². The van der Waals surface area contributed by atoms with Gasteiger partial charge in [-0.25, -0.2) is 0 Å². The average molecular weight is 368 g/mol. The van der Waals surface area contributed by atoms with Crippen LogP contribution in [0.2, 0.25) is 0 Å². The lowest BCUT2D eigenvalue weighted by atomic mass is 10.1. The Labute approximate surface area is 154 Å². The van der Waals surface area contributed by atoms with Crippen LogP contribution < -0.4 is 8.92 Å². The summed E-state index contributed by atoms with van der Waals surface area (Å²) in [6.07, 6.45) is 0. The third-order valence-corrected chi connectivity index (χ3v) is 5.42. The Morgan fingerprint density at radius 1 is 0.692 bits per heavy atom. The van der Waals surface area contributed by atoms with Crippen LogP contribution in [0, 0.1) is 20.8 Å². The number of hydrogen-bond acceptors (Lipinski definition) is 4. The molecule has 0 radical (unpaired) electrons. The molecule has 0 aliphatic rings. The van der Waals surface area contributed by atoms with Crippen LogP contribution in [0.1, 0.15) is 16.7 Å². The number of hydrogen-bond donors (Lipinski definition) is 0. The first-order valence-electron chi connectivity index (χ1n) is 8.20. The van der Waals surface area contributed by atoms with Gasteiger partial charge in [0.05, 0.1) is 0 Å². The fourth-order valence-corrected chi connectivity index (χ4v) is 4.27. The quantitative estimate of drug-likeness (QED) is 0.583. The van der Waals surface area contributed by atoms with E-state index in [4.69, 9.17) is 8.92 Å².